The molecule has 0 radical (unpaired) electrons. The van der Waals surface area contributed by atoms with Gasteiger partial charge in [-0.05, 0) is 62.1 Å². The van der Waals surface area contributed by atoms with Crippen molar-refractivity contribution in [2.24, 2.45) is 11.8 Å². The van der Waals surface area contributed by atoms with Crippen LogP contribution in [-0.2, 0) is 0 Å². The average Bonchev–Trinajstić information content (AvgIpc) is 2.82. The van der Waals surface area contributed by atoms with Crippen LogP contribution in [0.2, 0.25) is 0 Å². The van der Waals surface area contributed by atoms with E-state index in [4.69, 9.17) is 0 Å². The Labute approximate surface area is 114 Å². The van der Waals surface area contributed by atoms with Crippen molar-refractivity contribution < 1.29 is 5.11 Å². The first kappa shape index (κ1) is 14.0. The monoisotopic (exact) mass is 267 g/mol. The summed E-state index contributed by atoms with van der Waals surface area (Å²) in [6.45, 7) is 5.83. The molecule has 3 heteroatoms. The van der Waals surface area contributed by atoms with Gasteiger partial charge in [-0.15, -0.1) is 11.3 Å². The summed E-state index contributed by atoms with van der Waals surface area (Å²) in [4.78, 5) is 1.45. The number of nitrogens with one attached hydrogen (secondary N) is 1. The van der Waals surface area contributed by atoms with Gasteiger partial charge in [0.25, 0.3) is 0 Å². The summed E-state index contributed by atoms with van der Waals surface area (Å²) in [5.41, 5.74) is 1.39. The molecule has 0 saturated heterocycles. The second-order valence-electron chi connectivity index (χ2n) is 5.58. The van der Waals surface area contributed by atoms with Crippen molar-refractivity contribution in [3.8, 4) is 0 Å². The first-order valence-electron chi connectivity index (χ1n) is 7.10. The Morgan fingerprint density at radius 1 is 1.39 bits per heavy atom. The van der Waals surface area contributed by atoms with E-state index in [2.05, 4.69) is 30.6 Å². The number of rotatable bonds is 5. The zero-order valence-electron chi connectivity index (χ0n) is 11.5. The summed E-state index contributed by atoms with van der Waals surface area (Å²) < 4.78 is 0. The second-order valence-corrected chi connectivity index (χ2v) is 6.53. The van der Waals surface area contributed by atoms with Crippen LogP contribution in [0.3, 0.4) is 0 Å². The molecule has 102 valence electrons. The zero-order valence-corrected chi connectivity index (χ0v) is 12.3. The maximum Gasteiger partial charge on any atom is 0.0462 e. The lowest BCUT2D eigenvalue weighted by molar-refractivity contribution is 0.131. The number of aryl methyl sites for hydroxylation is 1. The molecular formula is C15H25NOS. The number of aliphatic hydroxyl groups is 1. The van der Waals surface area contributed by atoms with E-state index in [1.165, 1.54) is 36.1 Å². The lowest BCUT2D eigenvalue weighted by atomic mass is 9.79. The van der Waals surface area contributed by atoms with Crippen LogP contribution in [0.1, 0.15) is 49.1 Å². The summed E-state index contributed by atoms with van der Waals surface area (Å²) >= 11 is 1.84. The summed E-state index contributed by atoms with van der Waals surface area (Å²) in [6.07, 6.45) is 5.10. The summed E-state index contributed by atoms with van der Waals surface area (Å²) in [6, 6.07) is 2.63. The molecular weight excluding hydrogens is 242 g/mol. The molecule has 1 aromatic heterocycles. The molecule has 0 aliphatic heterocycles. The van der Waals surface area contributed by atoms with Crippen molar-refractivity contribution in [3.05, 3.63) is 21.9 Å². The maximum atomic E-state index is 9.43. The van der Waals surface area contributed by atoms with Crippen molar-refractivity contribution in [1.29, 1.82) is 0 Å². The van der Waals surface area contributed by atoms with Crippen LogP contribution in [0, 0.1) is 18.8 Å². The molecule has 0 spiro atoms. The molecule has 2 nitrogen and oxygen atoms in total. The van der Waals surface area contributed by atoms with Gasteiger partial charge in [-0.2, -0.15) is 0 Å². The minimum Gasteiger partial charge on any atom is -0.396 e. The third-order valence-corrected chi connectivity index (χ3v) is 5.48. The van der Waals surface area contributed by atoms with Crippen molar-refractivity contribution >= 4 is 11.3 Å². The first-order chi connectivity index (χ1) is 8.72. The summed E-state index contributed by atoms with van der Waals surface area (Å²) in [7, 11) is 0. The Morgan fingerprint density at radius 3 is 2.72 bits per heavy atom. The van der Waals surface area contributed by atoms with Crippen LogP contribution in [0.25, 0.3) is 0 Å². The highest BCUT2D eigenvalue weighted by atomic mass is 32.1. The number of thiophene rings is 1. The molecule has 0 amide bonds. The lowest BCUT2D eigenvalue weighted by Crippen LogP contribution is -2.33. The van der Waals surface area contributed by atoms with Gasteiger partial charge in [-0.25, -0.2) is 0 Å². The Kier molecular flexibility index (Phi) is 5.22. The van der Waals surface area contributed by atoms with Crippen LogP contribution < -0.4 is 5.32 Å². The molecule has 2 rings (SSSR count). The van der Waals surface area contributed by atoms with Gasteiger partial charge in [-0.1, -0.05) is 12.8 Å². The highest BCUT2D eigenvalue weighted by Gasteiger charge is 2.24. The van der Waals surface area contributed by atoms with E-state index < -0.39 is 0 Å². The Morgan fingerprint density at radius 2 is 2.11 bits per heavy atom. The predicted molar refractivity (Wildman–Crippen MR) is 78.0 cm³/mol. The topological polar surface area (TPSA) is 32.3 Å². The van der Waals surface area contributed by atoms with E-state index in [-0.39, 0.29) is 0 Å². The fraction of sp³-hybridized carbons (Fsp3) is 0.733. The van der Waals surface area contributed by atoms with E-state index in [0.29, 0.717) is 24.5 Å². The van der Waals surface area contributed by atoms with Gasteiger partial charge in [0, 0.05) is 17.5 Å². The molecule has 2 N–H and O–H groups in total. The average molecular weight is 267 g/mol. The van der Waals surface area contributed by atoms with Gasteiger partial charge >= 0.3 is 0 Å². The van der Waals surface area contributed by atoms with Gasteiger partial charge < -0.3 is 10.4 Å². The van der Waals surface area contributed by atoms with Crippen molar-refractivity contribution in [2.75, 3.05) is 13.2 Å². The molecule has 1 heterocycles. The molecule has 3 unspecified atom stereocenters. The lowest BCUT2D eigenvalue weighted by Gasteiger charge is -2.31. The molecule has 1 aliphatic carbocycles. The highest BCUT2D eigenvalue weighted by molar-refractivity contribution is 7.10. The molecule has 1 saturated carbocycles. The smallest absolute Gasteiger partial charge is 0.0462 e. The van der Waals surface area contributed by atoms with E-state index >= 15 is 0 Å². The van der Waals surface area contributed by atoms with E-state index in [1.54, 1.807) is 0 Å². The Balaban J connectivity index is 1.85. The molecule has 1 fully saturated rings. The van der Waals surface area contributed by atoms with E-state index in [0.717, 1.165) is 6.54 Å². The SMILES string of the molecule is Cc1ccsc1C(C)NCC1CCCCC1CO. The van der Waals surface area contributed by atoms with Crippen molar-refractivity contribution in [1.82, 2.24) is 5.32 Å². The largest absolute Gasteiger partial charge is 0.396 e. The quantitative estimate of drug-likeness (QED) is 0.855. The minimum atomic E-state index is 0.360. The molecule has 0 aromatic carbocycles. The standard InChI is InChI=1S/C15H25NOS/c1-11-7-8-18-15(11)12(2)16-9-13-5-3-4-6-14(13)10-17/h7-8,12-14,16-17H,3-6,9-10H2,1-2H3. The summed E-state index contributed by atoms with van der Waals surface area (Å²) in [5.74, 6) is 1.18. The van der Waals surface area contributed by atoms with Crippen LogP contribution in [-0.4, -0.2) is 18.3 Å². The van der Waals surface area contributed by atoms with Crippen LogP contribution >= 0.6 is 11.3 Å². The van der Waals surface area contributed by atoms with Gasteiger partial charge in [0.1, 0.15) is 0 Å². The summed E-state index contributed by atoms with van der Waals surface area (Å²) in [5, 5.41) is 15.3. The molecule has 3 atom stereocenters. The fourth-order valence-electron chi connectivity index (χ4n) is 3.04. The van der Waals surface area contributed by atoms with E-state index in [9.17, 15) is 5.11 Å². The van der Waals surface area contributed by atoms with E-state index in [1.807, 2.05) is 11.3 Å². The number of aliphatic hydroxyl groups excluding tert-OH is 1. The van der Waals surface area contributed by atoms with Gasteiger partial charge in [0.2, 0.25) is 0 Å². The van der Waals surface area contributed by atoms with Crippen LogP contribution in [0.4, 0.5) is 0 Å². The minimum absolute atomic E-state index is 0.360. The third-order valence-electron chi connectivity index (χ3n) is 4.28. The first-order valence-corrected chi connectivity index (χ1v) is 7.98. The molecule has 1 aliphatic rings. The Bertz CT molecular complexity index is 363. The van der Waals surface area contributed by atoms with Crippen molar-refractivity contribution in [2.45, 2.75) is 45.6 Å². The van der Waals surface area contributed by atoms with Crippen LogP contribution in [0.5, 0.6) is 0 Å². The maximum absolute atomic E-state index is 9.43. The van der Waals surface area contributed by atoms with Crippen LogP contribution in [0.15, 0.2) is 11.4 Å². The zero-order chi connectivity index (χ0) is 13.0. The van der Waals surface area contributed by atoms with Gasteiger partial charge in [0.15, 0.2) is 0 Å². The molecule has 18 heavy (non-hydrogen) atoms. The van der Waals surface area contributed by atoms with Gasteiger partial charge in [0.05, 0.1) is 0 Å². The second kappa shape index (κ2) is 6.69. The Hall–Kier alpha value is -0.380. The highest BCUT2D eigenvalue weighted by Crippen LogP contribution is 2.30. The predicted octanol–water partition coefficient (Wildman–Crippen LogP) is 3.51. The fourth-order valence-corrected chi connectivity index (χ4v) is 4.00. The molecule has 0 bridgehead atoms. The third kappa shape index (κ3) is 3.34. The molecule has 1 aromatic rings. The van der Waals surface area contributed by atoms with Crippen molar-refractivity contribution in [3.63, 3.8) is 0 Å². The number of hydrogen-bond acceptors (Lipinski definition) is 3. The normalized spacial score (nSPS) is 26.2. The van der Waals surface area contributed by atoms with Gasteiger partial charge in [-0.3, -0.25) is 0 Å². The number of hydrogen-bond donors (Lipinski definition) is 2.